The van der Waals surface area contributed by atoms with Crippen molar-refractivity contribution in [3.8, 4) is 5.75 Å². The first-order valence-electron chi connectivity index (χ1n) is 11.2. The number of hydrogen-bond acceptors (Lipinski definition) is 5. The van der Waals surface area contributed by atoms with E-state index in [1.807, 2.05) is 0 Å². The van der Waals surface area contributed by atoms with Crippen LogP contribution in [0.3, 0.4) is 0 Å². The molecule has 172 valence electrons. The Bertz CT molecular complexity index is 1180. The van der Waals surface area contributed by atoms with Crippen molar-refractivity contribution in [1.82, 2.24) is 20.4 Å². The van der Waals surface area contributed by atoms with E-state index in [1.165, 1.54) is 12.8 Å². The summed E-state index contributed by atoms with van der Waals surface area (Å²) in [6, 6.07) is 13.3. The molecular weight excluding hydrogens is 420 g/mol. The van der Waals surface area contributed by atoms with Crippen LogP contribution in [0.25, 0.3) is 10.9 Å². The maximum absolute atomic E-state index is 13.0. The van der Waals surface area contributed by atoms with E-state index >= 15 is 0 Å². The molecule has 9 nitrogen and oxygen atoms in total. The molecule has 0 radical (unpaired) electrons. The molecule has 3 atom stereocenters. The lowest BCUT2D eigenvalue weighted by molar-refractivity contribution is 0.0879. The van der Waals surface area contributed by atoms with Crippen molar-refractivity contribution in [3.63, 3.8) is 0 Å². The molecule has 4 N–H and O–H groups in total. The second-order valence-electron chi connectivity index (χ2n) is 8.84. The van der Waals surface area contributed by atoms with Crippen LogP contribution in [-0.2, 0) is 0 Å². The molecule has 33 heavy (non-hydrogen) atoms. The molecule has 2 aliphatic rings. The molecule has 2 fully saturated rings. The third-order valence-electron chi connectivity index (χ3n) is 6.80. The number of H-pyrrole nitrogens is 1. The second-order valence-corrected chi connectivity index (χ2v) is 8.84. The Morgan fingerprint density at radius 2 is 1.79 bits per heavy atom. The highest BCUT2D eigenvalue weighted by Crippen LogP contribution is 2.34. The zero-order valence-corrected chi connectivity index (χ0v) is 18.7. The molecule has 2 aliphatic heterocycles. The van der Waals surface area contributed by atoms with Gasteiger partial charge in [-0.2, -0.15) is 5.10 Å². The fourth-order valence-electron chi connectivity index (χ4n) is 5.04. The van der Waals surface area contributed by atoms with Crippen LogP contribution in [0.5, 0.6) is 5.75 Å². The van der Waals surface area contributed by atoms with Crippen LogP contribution in [0, 0.1) is 0 Å². The van der Waals surface area contributed by atoms with Gasteiger partial charge in [0.1, 0.15) is 5.75 Å². The number of aromatic nitrogens is 2. The first-order chi connectivity index (χ1) is 16.0. The van der Waals surface area contributed by atoms with Crippen molar-refractivity contribution in [1.29, 1.82) is 0 Å². The number of anilines is 2. The minimum Gasteiger partial charge on any atom is -0.497 e. The summed E-state index contributed by atoms with van der Waals surface area (Å²) in [6.07, 6.45) is 4.34. The average molecular weight is 449 g/mol. The Morgan fingerprint density at radius 1 is 1.06 bits per heavy atom. The highest BCUT2D eigenvalue weighted by molar-refractivity contribution is 6.07. The number of urea groups is 1. The summed E-state index contributed by atoms with van der Waals surface area (Å²) in [5.41, 5.74) is 2.26. The third-order valence-corrected chi connectivity index (χ3v) is 6.80. The van der Waals surface area contributed by atoms with Gasteiger partial charge in [-0.05, 0) is 63.1 Å². The van der Waals surface area contributed by atoms with E-state index in [0.717, 1.165) is 18.4 Å². The number of benzene rings is 2. The standard InChI is InChI=1S/C24H28N6O3/c1-30-17-7-8-18(30)11-16(10-17)25-23(31)22-20-13-15(6-9-21(20)28-29-22)27-24(32)26-14-4-3-5-19(12-14)33-2/h3-6,9,12-13,16-18H,7-8,10-11H2,1-2H3,(H,25,31)(H,28,29)(H2,26,27,32)/t16-,17+,18-. The van der Waals surface area contributed by atoms with Crippen LogP contribution in [-0.4, -0.2) is 59.3 Å². The molecule has 1 aromatic heterocycles. The van der Waals surface area contributed by atoms with Crippen molar-refractivity contribution < 1.29 is 14.3 Å². The number of rotatable bonds is 5. The van der Waals surface area contributed by atoms with E-state index in [9.17, 15) is 9.59 Å². The molecule has 2 bridgehead atoms. The van der Waals surface area contributed by atoms with E-state index in [2.05, 4.69) is 38.1 Å². The molecule has 0 saturated carbocycles. The summed E-state index contributed by atoms with van der Waals surface area (Å²) in [5.74, 6) is 0.467. The largest absolute Gasteiger partial charge is 0.497 e. The van der Waals surface area contributed by atoms with E-state index in [0.29, 0.717) is 40.3 Å². The average Bonchev–Trinajstić information content (AvgIpc) is 3.29. The Morgan fingerprint density at radius 3 is 2.52 bits per heavy atom. The van der Waals surface area contributed by atoms with Crippen LogP contribution in [0.2, 0.25) is 0 Å². The van der Waals surface area contributed by atoms with Gasteiger partial charge >= 0.3 is 6.03 Å². The van der Waals surface area contributed by atoms with Crippen molar-refractivity contribution >= 4 is 34.2 Å². The summed E-state index contributed by atoms with van der Waals surface area (Å²) in [5, 5.41) is 16.6. The van der Waals surface area contributed by atoms with E-state index in [1.54, 1.807) is 49.6 Å². The predicted molar refractivity (Wildman–Crippen MR) is 127 cm³/mol. The minimum atomic E-state index is -0.390. The van der Waals surface area contributed by atoms with Gasteiger partial charge in [0.2, 0.25) is 0 Å². The third kappa shape index (κ3) is 4.36. The smallest absolute Gasteiger partial charge is 0.323 e. The van der Waals surface area contributed by atoms with Gasteiger partial charge in [0, 0.05) is 41.0 Å². The number of ether oxygens (including phenoxy) is 1. The zero-order chi connectivity index (χ0) is 22.9. The van der Waals surface area contributed by atoms with E-state index < -0.39 is 0 Å². The number of hydrogen-bond donors (Lipinski definition) is 4. The number of amides is 3. The molecule has 5 rings (SSSR count). The van der Waals surface area contributed by atoms with E-state index in [4.69, 9.17) is 4.74 Å². The van der Waals surface area contributed by atoms with Gasteiger partial charge in [0.15, 0.2) is 5.69 Å². The highest BCUT2D eigenvalue weighted by Gasteiger charge is 2.39. The van der Waals surface area contributed by atoms with Crippen molar-refractivity contribution in [2.45, 2.75) is 43.8 Å². The Kier molecular flexibility index (Phi) is 5.63. The lowest BCUT2D eigenvalue weighted by Gasteiger charge is -2.36. The summed E-state index contributed by atoms with van der Waals surface area (Å²) >= 11 is 0. The molecule has 0 spiro atoms. The number of nitrogens with zero attached hydrogens (tertiary/aromatic N) is 2. The molecule has 3 aromatic rings. The molecule has 9 heteroatoms. The quantitative estimate of drug-likeness (QED) is 0.477. The fraction of sp³-hybridized carbons (Fsp3) is 0.375. The van der Waals surface area contributed by atoms with Gasteiger partial charge in [-0.15, -0.1) is 0 Å². The Balaban J connectivity index is 1.27. The van der Waals surface area contributed by atoms with Crippen molar-refractivity contribution in [2.75, 3.05) is 24.8 Å². The number of nitrogens with one attached hydrogen (secondary N) is 4. The van der Waals surface area contributed by atoms with Crippen LogP contribution >= 0.6 is 0 Å². The van der Waals surface area contributed by atoms with Crippen LogP contribution < -0.4 is 20.7 Å². The number of fused-ring (bicyclic) bond motifs is 3. The van der Waals surface area contributed by atoms with Crippen molar-refractivity contribution in [2.24, 2.45) is 0 Å². The maximum Gasteiger partial charge on any atom is 0.323 e. The number of piperidine rings is 1. The normalized spacial score (nSPS) is 22.2. The molecule has 0 aliphatic carbocycles. The van der Waals surface area contributed by atoms with Gasteiger partial charge in [-0.25, -0.2) is 4.79 Å². The molecule has 3 amide bonds. The first kappa shape index (κ1) is 21.3. The maximum atomic E-state index is 13.0. The van der Waals surface area contributed by atoms with Gasteiger partial charge < -0.3 is 25.6 Å². The summed E-state index contributed by atoms with van der Waals surface area (Å²) < 4.78 is 5.18. The highest BCUT2D eigenvalue weighted by atomic mass is 16.5. The zero-order valence-electron chi connectivity index (χ0n) is 18.7. The summed E-state index contributed by atoms with van der Waals surface area (Å²) in [6.45, 7) is 0. The molecule has 2 saturated heterocycles. The van der Waals surface area contributed by atoms with Gasteiger partial charge in [-0.3, -0.25) is 9.89 Å². The number of methoxy groups -OCH3 is 1. The Hall–Kier alpha value is -3.59. The fourth-order valence-corrected chi connectivity index (χ4v) is 5.04. The van der Waals surface area contributed by atoms with Crippen LogP contribution in [0.1, 0.15) is 36.2 Å². The Labute approximate surface area is 191 Å². The summed E-state index contributed by atoms with van der Waals surface area (Å²) in [7, 11) is 3.75. The topological polar surface area (TPSA) is 111 Å². The van der Waals surface area contributed by atoms with Crippen molar-refractivity contribution in [3.05, 3.63) is 48.2 Å². The van der Waals surface area contributed by atoms with E-state index in [-0.39, 0.29) is 18.0 Å². The number of carbonyl (C=O) groups is 2. The molecule has 0 unspecified atom stereocenters. The molecule has 2 aromatic carbocycles. The number of aromatic amines is 1. The SMILES string of the molecule is COc1cccc(NC(=O)Nc2ccc3[nH]nc(C(=O)N[C@H]4C[C@H]5CC[C@@H](C4)N5C)c3c2)c1. The second kappa shape index (κ2) is 8.74. The first-order valence-corrected chi connectivity index (χ1v) is 11.2. The van der Waals surface area contributed by atoms with Gasteiger partial charge in [0.25, 0.3) is 5.91 Å². The molecule has 3 heterocycles. The number of carbonyl (C=O) groups excluding carboxylic acids is 2. The predicted octanol–water partition coefficient (Wildman–Crippen LogP) is 3.57. The minimum absolute atomic E-state index is 0.160. The lowest BCUT2D eigenvalue weighted by atomic mass is 9.98. The van der Waals surface area contributed by atoms with Gasteiger partial charge in [-0.1, -0.05) is 6.07 Å². The molecular formula is C24H28N6O3. The van der Waals surface area contributed by atoms with Crippen LogP contribution in [0.15, 0.2) is 42.5 Å². The monoisotopic (exact) mass is 448 g/mol. The summed E-state index contributed by atoms with van der Waals surface area (Å²) in [4.78, 5) is 27.9. The van der Waals surface area contributed by atoms with Crippen LogP contribution in [0.4, 0.5) is 16.2 Å². The van der Waals surface area contributed by atoms with Gasteiger partial charge in [0.05, 0.1) is 12.6 Å². The lowest BCUT2D eigenvalue weighted by Crippen LogP contribution is -2.48.